The van der Waals surface area contributed by atoms with Crippen LogP contribution in [0.2, 0.25) is 0 Å². The second kappa shape index (κ2) is 5.04. The molecule has 4 heteroatoms. The topological polar surface area (TPSA) is 30.5 Å². The summed E-state index contributed by atoms with van der Waals surface area (Å²) in [6.45, 7) is 1.12. The van der Waals surface area contributed by atoms with E-state index < -0.39 is 0 Å². The van der Waals surface area contributed by atoms with E-state index in [1.807, 2.05) is 18.2 Å². The van der Waals surface area contributed by atoms with E-state index in [9.17, 15) is 4.39 Å². The first-order valence-electron chi connectivity index (χ1n) is 7.20. The van der Waals surface area contributed by atoms with Gasteiger partial charge < -0.3 is 14.8 Å². The third-order valence-electron chi connectivity index (χ3n) is 4.21. The van der Waals surface area contributed by atoms with Crippen molar-refractivity contribution in [2.24, 2.45) is 0 Å². The fraction of sp³-hybridized carbons (Fsp3) is 0.294. The lowest BCUT2D eigenvalue weighted by molar-refractivity contribution is 0.174. The van der Waals surface area contributed by atoms with Crippen LogP contribution in [0.1, 0.15) is 29.2 Å². The maximum absolute atomic E-state index is 13.7. The summed E-state index contributed by atoms with van der Waals surface area (Å²) in [5.74, 6) is 1.51. The van der Waals surface area contributed by atoms with Gasteiger partial charge in [-0.3, -0.25) is 0 Å². The van der Waals surface area contributed by atoms with Crippen molar-refractivity contribution in [2.75, 3.05) is 6.79 Å². The molecule has 1 atom stereocenters. The molecule has 0 amide bonds. The molecule has 21 heavy (non-hydrogen) atoms. The Labute approximate surface area is 122 Å². The first-order chi connectivity index (χ1) is 10.3. The number of hydrogen-bond donors (Lipinski definition) is 1. The number of hydrogen-bond acceptors (Lipinski definition) is 3. The van der Waals surface area contributed by atoms with Crippen molar-refractivity contribution in [2.45, 2.75) is 25.4 Å². The van der Waals surface area contributed by atoms with Gasteiger partial charge in [0.2, 0.25) is 6.79 Å². The van der Waals surface area contributed by atoms with E-state index in [-0.39, 0.29) is 11.9 Å². The van der Waals surface area contributed by atoms with E-state index >= 15 is 0 Å². The second-order valence-corrected chi connectivity index (χ2v) is 5.47. The summed E-state index contributed by atoms with van der Waals surface area (Å²) in [7, 11) is 0. The highest BCUT2D eigenvalue weighted by Crippen LogP contribution is 2.40. The number of nitrogens with one attached hydrogen (secondary N) is 1. The van der Waals surface area contributed by atoms with Crippen LogP contribution >= 0.6 is 0 Å². The average Bonchev–Trinajstić information content (AvgIpc) is 3.10. The number of fused-ring (bicyclic) bond motifs is 2. The summed E-state index contributed by atoms with van der Waals surface area (Å²) in [4.78, 5) is 0. The molecule has 0 aliphatic carbocycles. The van der Waals surface area contributed by atoms with Gasteiger partial charge in [-0.2, -0.15) is 0 Å². The van der Waals surface area contributed by atoms with Crippen LogP contribution in [0.4, 0.5) is 4.39 Å². The lowest BCUT2D eigenvalue weighted by atomic mass is 9.98. The summed E-state index contributed by atoms with van der Waals surface area (Å²) in [5.41, 5.74) is 3.27. The summed E-state index contributed by atoms with van der Waals surface area (Å²) in [5, 5.41) is 3.48. The van der Waals surface area contributed by atoms with Crippen molar-refractivity contribution < 1.29 is 13.9 Å². The molecular formula is C17H16FNO2. The Bertz CT molecular complexity index is 686. The van der Waals surface area contributed by atoms with Gasteiger partial charge in [0.05, 0.1) is 0 Å². The molecule has 2 aliphatic heterocycles. The fourth-order valence-electron chi connectivity index (χ4n) is 3.08. The highest BCUT2D eigenvalue weighted by molar-refractivity contribution is 5.51. The summed E-state index contributed by atoms with van der Waals surface area (Å²) < 4.78 is 24.5. The van der Waals surface area contributed by atoms with Crippen LogP contribution in [0.3, 0.4) is 0 Å². The Hall–Kier alpha value is -2.07. The second-order valence-electron chi connectivity index (χ2n) is 5.47. The van der Waals surface area contributed by atoms with E-state index in [4.69, 9.17) is 9.47 Å². The van der Waals surface area contributed by atoms with Crippen LogP contribution in [0, 0.1) is 5.82 Å². The number of benzene rings is 2. The Morgan fingerprint density at radius 3 is 2.81 bits per heavy atom. The van der Waals surface area contributed by atoms with Gasteiger partial charge in [-0.1, -0.05) is 18.2 Å². The maximum Gasteiger partial charge on any atom is 0.231 e. The van der Waals surface area contributed by atoms with E-state index in [0.717, 1.165) is 36.4 Å². The highest BCUT2D eigenvalue weighted by atomic mass is 19.1. The fourth-order valence-corrected chi connectivity index (χ4v) is 3.08. The molecule has 1 N–H and O–H groups in total. The zero-order chi connectivity index (χ0) is 14.2. The zero-order valence-electron chi connectivity index (χ0n) is 11.6. The molecule has 108 valence electrons. The lowest BCUT2D eigenvalue weighted by Crippen LogP contribution is -2.13. The molecular weight excluding hydrogens is 269 g/mol. The van der Waals surface area contributed by atoms with Crippen molar-refractivity contribution in [3.05, 3.63) is 58.9 Å². The van der Waals surface area contributed by atoms with E-state index in [1.165, 1.54) is 17.2 Å². The largest absolute Gasteiger partial charge is 0.454 e. The van der Waals surface area contributed by atoms with Crippen LogP contribution in [-0.2, 0) is 13.0 Å². The van der Waals surface area contributed by atoms with Crippen LogP contribution in [-0.4, -0.2) is 6.79 Å². The zero-order valence-corrected chi connectivity index (χ0v) is 11.6. The van der Waals surface area contributed by atoms with Gasteiger partial charge in [-0.05, 0) is 47.7 Å². The minimum absolute atomic E-state index is 0.124. The number of ether oxygens (including phenoxy) is 2. The summed E-state index contributed by atoms with van der Waals surface area (Å²) >= 11 is 0. The van der Waals surface area contributed by atoms with E-state index in [0.29, 0.717) is 6.79 Å². The molecule has 2 heterocycles. The number of rotatable bonds is 3. The van der Waals surface area contributed by atoms with Crippen LogP contribution < -0.4 is 14.8 Å². The Morgan fingerprint density at radius 1 is 1.14 bits per heavy atom. The number of aryl methyl sites for hydroxylation is 1. The molecule has 0 bridgehead atoms. The van der Waals surface area contributed by atoms with Gasteiger partial charge in [0, 0.05) is 12.6 Å². The molecule has 2 aromatic carbocycles. The maximum atomic E-state index is 13.7. The molecule has 0 saturated heterocycles. The average molecular weight is 285 g/mol. The molecule has 0 aromatic heterocycles. The van der Waals surface area contributed by atoms with Gasteiger partial charge >= 0.3 is 0 Å². The standard InChI is InChI=1S/C17H16FNO2/c18-14-4-2-1-3-11(14)5-6-15-13-8-17-16(20-10-21-17)7-12(13)9-19-15/h1-4,7-8,15,19H,5-6,9-10H2. The highest BCUT2D eigenvalue weighted by Gasteiger charge is 2.26. The SMILES string of the molecule is Fc1ccccc1CCC1NCc2cc3c(cc21)OCO3. The van der Waals surface area contributed by atoms with Crippen molar-refractivity contribution in [3.63, 3.8) is 0 Å². The molecule has 0 fully saturated rings. The Morgan fingerprint density at radius 2 is 1.95 bits per heavy atom. The quantitative estimate of drug-likeness (QED) is 0.938. The lowest BCUT2D eigenvalue weighted by Gasteiger charge is -2.13. The van der Waals surface area contributed by atoms with Gasteiger partial charge in [-0.15, -0.1) is 0 Å². The molecule has 0 radical (unpaired) electrons. The molecule has 1 unspecified atom stereocenters. The molecule has 0 saturated carbocycles. The minimum atomic E-state index is -0.124. The normalized spacial score (nSPS) is 18.8. The smallest absolute Gasteiger partial charge is 0.231 e. The molecule has 2 aromatic rings. The molecule has 3 nitrogen and oxygen atoms in total. The summed E-state index contributed by atoms with van der Waals surface area (Å²) in [6, 6.07) is 11.3. The minimum Gasteiger partial charge on any atom is -0.454 e. The Balaban J connectivity index is 1.53. The predicted molar refractivity (Wildman–Crippen MR) is 76.9 cm³/mol. The van der Waals surface area contributed by atoms with Crippen LogP contribution in [0.5, 0.6) is 11.5 Å². The Kier molecular flexibility index (Phi) is 3.04. The van der Waals surface area contributed by atoms with Crippen molar-refractivity contribution >= 4 is 0 Å². The molecule has 2 aliphatic rings. The van der Waals surface area contributed by atoms with Crippen LogP contribution in [0.25, 0.3) is 0 Å². The first kappa shape index (κ1) is 12.7. The van der Waals surface area contributed by atoms with Gasteiger partial charge in [0.25, 0.3) is 0 Å². The predicted octanol–water partition coefficient (Wildman–Crippen LogP) is 3.33. The van der Waals surface area contributed by atoms with Crippen molar-refractivity contribution in [1.82, 2.24) is 5.32 Å². The third kappa shape index (κ3) is 2.25. The van der Waals surface area contributed by atoms with Gasteiger partial charge in [0.1, 0.15) is 5.82 Å². The van der Waals surface area contributed by atoms with Crippen LogP contribution in [0.15, 0.2) is 36.4 Å². The third-order valence-corrected chi connectivity index (χ3v) is 4.21. The van der Waals surface area contributed by atoms with Crippen molar-refractivity contribution in [3.8, 4) is 11.5 Å². The number of halogens is 1. The van der Waals surface area contributed by atoms with E-state index in [2.05, 4.69) is 11.4 Å². The summed E-state index contributed by atoms with van der Waals surface area (Å²) in [6.07, 6.45) is 1.59. The monoisotopic (exact) mass is 285 g/mol. The van der Waals surface area contributed by atoms with Crippen molar-refractivity contribution in [1.29, 1.82) is 0 Å². The van der Waals surface area contributed by atoms with Gasteiger partial charge in [-0.25, -0.2) is 4.39 Å². The first-order valence-corrected chi connectivity index (χ1v) is 7.20. The molecule has 4 rings (SSSR count). The van der Waals surface area contributed by atoms with Gasteiger partial charge in [0.15, 0.2) is 11.5 Å². The molecule has 0 spiro atoms. The van der Waals surface area contributed by atoms with E-state index in [1.54, 1.807) is 6.07 Å².